The third-order valence-electron chi connectivity index (χ3n) is 2.47. The molecule has 2 heterocycles. The fourth-order valence-corrected chi connectivity index (χ4v) is 4.22. The molecule has 18 heavy (non-hydrogen) atoms. The van der Waals surface area contributed by atoms with Crippen molar-refractivity contribution in [2.45, 2.75) is 26.0 Å². The Bertz CT molecular complexity index is 545. The Morgan fingerprint density at radius 1 is 1.28 bits per heavy atom. The SMILES string of the molecule is CC(C)n1ncc(Br)c1C(O)c1cc(Br)c(Br)s1. The monoisotopic (exact) mass is 456 g/mol. The second-order valence-electron chi connectivity index (χ2n) is 4.09. The van der Waals surface area contributed by atoms with E-state index in [1.165, 1.54) is 11.3 Å². The van der Waals surface area contributed by atoms with Gasteiger partial charge >= 0.3 is 0 Å². The molecule has 0 aromatic carbocycles. The van der Waals surface area contributed by atoms with Crippen molar-refractivity contribution in [3.05, 3.63) is 35.6 Å². The summed E-state index contributed by atoms with van der Waals surface area (Å²) in [6.07, 6.45) is 1.04. The molecule has 1 N–H and O–H groups in total. The van der Waals surface area contributed by atoms with Crippen LogP contribution in [0.5, 0.6) is 0 Å². The highest BCUT2D eigenvalue weighted by atomic mass is 79.9. The molecule has 0 spiro atoms. The van der Waals surface area contributed by atoms with Gasteiger partial charge in [0, 0.05) is 15.4 Å². The predicted molar refractivity (Wildman–Crippen MR) is 84.1 cm³/mol. The van der Waals surface area contributed by atoms with Gasteiger partial charge in [-0.2, -0.15) is 5.10 Å². The van der Waals surface area contributed by atoms with Gasteiger partial charge in [-0.05, 0) is 67.7 Å². The van der Waals surface area contributed by atoms with Gasteiger partial charge in [-0.25, -0.2) is 0 Å². The molecule has 0 radical (unpaired) electrons. The summed E-state index contributed by atoms with van der Waals surface area (Å²) in [6, 6.07) is 2.12. The Hall–Kier alpha value is 0.310. The molecule has 3 nitrogen and oxygen atoms in total. The number of hydrogen-bond acceptors (Lipinski definition) is 3. The summed E-state index contributed by atoms with van der Waals surface area (Å²) in [5.41, 5.74) is 0.784. The first-order chi connectivity index (χ1) is 8.41. The zero-order valence-corrected chi connectivity index (χ0v) is 15.3. The van der Waals surface area contributed by atoms with Gasteiger partial charge in [0.05, 0.1) is 20.1 Å². The lowest BCUT2D eigenvalue weighted by molar-refractivity contribution is 0.208. The lowest BCUT2D eigenvalue weighted by atomic mass is 10.2. The molecule has 0 saturated carbocycles. The zero-order valence-electron chi connectivity index (χ0n) is 9.69. The number of aliphatic hydroxyl groups is 1. The van der Waals surface area contributed by atoms with Crippen LogP contribution in [0.3, 0.4) is 0 Å². The Morgan fingerprint density at radius 3 is 2.44 bits per heavy atom. The number of thiophene rings is 1. The van der Waals surface area contributed by atoms with Crippen LogP contribution in [0.25, 0.3) is 0 Å². The second-order valence-corrected chi connectivity index (χ2v) is 8.20. The molecule has 0 bridgehead atoms. The fourth-order valence-electron chi connectivity index (χ4n) is 1.65. The molecule has 0 amide bonds. The molecule has 2 rings (SSSR count). The summed E-state index contributed by atoms with van der Waals surface area (Å²) < 4.78 is 4.58. The average molecular weight is 459 g/mol. The smallest absolute Gasteiger partial charge is 0.131 e. The van der Waals surface area contributed by atoms with Gasteiger partial charge in [-0.3, -0.25) is 4.68 Å². The average Bonchev–Trinajstić information content (AvgIpc) is 2.83. The van der Waals surface area contributed by atoms with E-state index < -0.39 is 6.10 Å². The number of nitrogens with zero attached hydrogens (tertiary/aromatic N) is 2. The van der Waals surface area contributed by atoms with E-state index in [9.17, 15) is 5.11 Å². The van der Waals surface area contributed by atoms with Gasteiger partial charge in [-0.1, -0.05) is 0 Å². The minimum atomic E-state index is -0.683. The molecule has 1 unspecified atom stereocenters. The van der Waals surface area contributed by atoms with Crippen molar-refractivity contribution in [1.82, 2.24) is 9.78 Å². The van der Waals surface area contributed by atoms with E-state index in [-0.39, 0.29) is 6.04 Å². The van der Waals surface area contributed by atoms with Crippen molar-refractivity contribution in [1.29, 1.82) is 0 Å². The van der Waals surface area contributed by atoms with Crippen LogP contribution < -0.4 is 0 Å². The van der Waals surface area contributed by atoms with Crippen LogP contribution in [0.1, 0.15) is 36.6 Å². The van der Waals surface area contributed by atoms with Crippen molar-refractivity contribution >= 4 is 59.1 Å². The first-order valence-corrected chi connectivity index (χ1v) is 8.47. The Labute approximate surface area is 135 Å². The van der Waals surface area contributed by atoms with Crippen molar-refractivity contribution in [2.75, 3.05) is 0 Å². The van der Waals surface area contributed by atoms with Gasteiger partial charge in [0.2, 0.25) is 0 Å². The predicted octanol–water partition coefficient (Wildman–Crippen LogP) is 4.89. The van der Waals surface area contributed by atoms with Gasteiger partial charge in [-0.15, -0.1) is 11.3 Å². The highest BCUT2D eigenvalue weighted by Gasteiger charge is 2.23. The van der Waals surface area contributed by atoms with E-state index in [1.807, 2.05) is 24.6 Å². The molecule has 0 saturated heterocycles. The third-order valence-corrected chi connectivity index (χ3v) is 6.39. The summed E-state index contributed by atoms with van der Waals surface area (Å²) in [5.74, 6) is 0. The summed E-state index contributed by atoms with van der Waals surface area (Å²) in [4.78, 5) is 0.872. The maximum Gasteiger partial charge on any atom is 0.131 e. The third kappa shape index (κ3) is 2.75. The molecule has 98 valence electrons. The molecular weight excluding hydrogens is 448 g/mol. The van der Waals surface area contributed by atoms with Crippen LogP contribution in [-0.4, -0.2) is 14.9 Å². The molecule has 0 aliphatic rings. The van der Waals surface area contributed by atoms with E-state index >= 15 is 0 Å². The standard InChI is InChI=1S/C11H11Br3N2OS/c1-5(2)16-9(7(13)4-15-16)10(17)8-3-6(12)11(14)18-8/h3-5,10,17H,1-2H3. The molecule has 2 aromatic rings. The van der Waals surface area contributed by atoms with Crippen molar-refractivity contribution in [3.63, 3.8) is 0 Å². The van der Waals surface area contributed by atoms with Gasteiger partial charge in [0.15, 0.2) is 0 Å². The minimum absolute atomic E-state index is 0.202. The minimum Gasteiger partial charge on any atom is -0.381 e. The Kier molecular flexibility index (Phi) is 4.70. The lowest BCUT2D eigenvalue weighted by Gasteiger charge is -2.15. The maximum atomic E-state index is 10.5. The fraction of sp³-hybridized carbons (Fsp3) is 0.364. The van der Waals surface area contributed by atoms with Crippen LogP contribution in [0.4, 0.5) is 0 Å². The lowest BCUT2D eigenvalue weighted by Crippen LogP contribution is -2.11. The van der Waals surface area contributed by atoms with E-state index in [2.05, 4.69) is 52.9 Å². The summed E-state index contributed by atoms with van der Waals surface area (Å²) >= 11 is 11.8. The van der Waals surface area contributed by atoms with Crippen molar-refractivity contribution in [2.24, 2.45) is 0 Å². The molecular formula is C11H11Br3N2OS. The Morgan fingerprint density at radius 2 is 1.94 bits per heavy atom. The number of aromatic nitrogens is 2. The topological polar surface area (TPSA) is 38.0 Å². The molecule has 1 atom stereocenters. The van der Waals surface area contributed by atoms with E-state index in [1.54, 1.807) is 6.20 Å². The van der Waals surface area contributed by atoms with Crippen LogP contribution in [-0.2, 0) is 0 Å². The molecule has 2 aromatic heterocycles. The van der Waals surface area contributed by atoms with Crippen molar-refractivity contribution < 1.29 is 5.11 Å². The second kappa shape index (κ2) is 5.75. The molecule has 7 heteroatoms. The van der Waals surface area contributed by atoms with Crippen LogP contribution in [0.2, 0.25) is 0 Å². The molecule has 0 fully saturated rings. The first-order valence-electron chi connectivity index (χ1n) is 5.27. The highest BCUT2D eigenvalue weighted by Crippen LogP contribution is 2.39. The zero-order chi connectivity index (χ0) is 13.4. The quantitative estimate of drug-likeness (QED) is 0.710. The number of halogens is 3. The van der Waals surface area contributed by atoms with E-state index in [0.29, 0.717) is 0 Å². The van der Waals surface area contributed by atoms with E-state index in [4.69, 9.17) is 0 Å². The Balaban J connectivity index is 2.45. The number of hydrogen-bond donors (Lipinski definition) is 1. The summed E-state index contributed by atoms with van der Waals surface area (Å²) in [7, 11) is 0. The highest BCUT2D eigenvalue weighted by molar-refractivity contribution is 9.13. The first kappa shape index (κ1) is 14.7. The van der Waals surface area contributed by atoms with Crippen LogP contribution in [0.15, 0.2) is 25.0 Å². The van der Waals surface area contributed by atoms with Crippen LogP contribution in [0, 0.1) is 0 Å². The van der Waals surface area contributed by atoms with Gasteiger partial charge < -0.3 is 5.11 Å². The summed E-state index contributed by atoms with van der Waals surface area (Å²) in [6.45, 7) is 4.08. The number of aliphatic hydroxyl groups excluding tert-OH is 1. The van der Waals surface area contributed by atoms with Gasteiger partial charge in [0.25, 0.3) is 0 Å². The van der Waals surface area contributed by atoms with Crippen molar-refractivity contribution in [3.8, 4) is 0 Å². The van der Waals surface area contributed by atoms with Gasteiger partial charge in [0.1, 0.15) is 6.10 Å². The number of rotatable bonds is 3. The summed E-state index contributed by atoms with van der Waals surface area (Å²) in [5, 5.41) is 14.8. The molecule has 0 aliphatic carbocycles. The molecule has 0 aliphatic heterocycles. The van der Waals surface area contributed by atoms with E-state index in [0.717, 1.165) is 23.3 Å². The largest absolute Gasteiger partial charge is 0.381 e. The maximum absolute atomic E-state index is 10.5. The van der Waals surface area contributed by atoms with Crippen LogP contribution >= 0.6 is 59.1 Å². The normalized spacial score (nSPS) is 13.3.